The Morgan fingerprint density at radius 2 is 2.25 bits per heavy atom. The summed E-state index contributed by atoms with van der Waals surface area (Å²) in [5.41, 5.74) is 0.0140. The number of benzene rings is 1. The van der Waals surface area contributed by atoms with Crippen molar-refractivity contribution in [3.63, 3.8) is 0 Å². The molecule has 5 heteroatoms. The standard InChI is InChI=1S/C11H12F2N2O/c12-7-3-4-9(8(13)6-7)15-11(16)10-2-1-5-14-10/h3-4,6,10,14H,1-2,5H2,(H,15,16). The van der Waals surface area contributed by atoms with Gasteiger partial charge in [0.1, 0.15) is 11.6 Å². The summed E-state index contributed by atoms with van der Waals surface area (Å²) in [5, 5.41) is 5.44. The third kappa shape index (κ3) is 2.36. The lowest BCUT2D eigenvalue weighted by Gasteiger charge is -2.11. The van der Waals surface area contributed by atoms with Gasteiger partial charge in [-0.1, -0.05) is 0 Å². The number of amides is 1. The van der Waals surface area contributed by atoms with Crippen molar-refractivity contribution in [1.29, 1.82) is 0 Å². The number of carbonyl (C=O) groups excluding carboxylic acids is 1. The first kappa shape index (κ1) is 11.0. The molecule has 0 aromatic heterocycles. The Labute approximate surface area is 91.8 Å². The molecule has 1 unspecified atom stereocenters. The molecule has 0 aliphatic carbocycles. The highest BCUT2D eigenvalue weighted by atomic mass is 19.1. The van der Waals surface area contributed by atoms with Crippen LogP contribution in [0.5, 0.6) is 0 Å². The lowest BCUT2D eigenvalue weighted by atomic mass is 10.2. The van der Waals surface area contributed by atoms with Gasteiger partial charge in [0, 0.05) is 6.07 Å². The molecule has 1 aliphatic heterocycles. The summed E-state index contributed by atoms with van der Waals surface area (Å²) < 4.78 is 25.8. The second-order valence-electron chi connectivity index (χ2n) is 3.76. The van der Waals surface area contributed by atoms with E-state index in [1.165, 1.54) is 6.07 Å². The van der Waals surface area contributed by atoms with Crippen molar-refractivity contribution >= 4 is 11.6 Å². The lowest BCUT2D eigenvalue weighted by Crippen LogP contribution is -2.35. The number of carbonyl (C=O) groups is 1. The third-order valence-electron chi connectivity index (χ3n) is 2.57. The van der Waals surface area contributed by atoms with Crippen molar-refractivity contribution in [1.82, 2.24) is 5.32 Å². The van der Waals surface area contributed by atoms with E-state index in [2.05, 4.69) is 10.6 Å². The summed E-state index contributed by atoms with van der Waals surface area (Å²) in [5.74, 6) is -1.69. The van der Waals surface area contributed by atoms with E-state index in [1.807, 2.05) is 0 Å². The van der Waals surface area contributed by atoms with Gasteiger partial charge in [0.2, 0.25) is 5.91 Å². The van der Waals surface area contributed by atoms with E-state index in [0.717, 1.165) is 31.5 Å². The molecule has 16 heavy (non-hydrogen) atoms. The summed E-state index contributed by atoms with van der Waals surface area (Å²) in [7, 11) is 0. The molecule has 0 bridgehead atoms. The fraction of sp³-hybridized carbons (Fsp3) is 0.364. The van der Waals surface area contributed by atoms with Crippen LogP contribution >= 0.6 is 0 Å². The molecule has 86 valence electrons. The van der Waals surface area contributed by atoms with Gasteiger partial charge in [0.05, 0.1) is 11.7 Å². The van der Waals surface area contributed by atoms with Gasteiger partial charge in [0.15, 0.2) is 0 Å². The smallest absolute Gasteiger partial charge is 0.241 e. The van der Waals surface area contributed by atoms with Crippen LogP contribution in [0.2, 0.25) is 0 Å². The minimum atomic E-state index is -0.758. The van der Waals surface area contributed by atoms with E-state index < -0.39 is 11.6 Å². The second kappa shape index (κ2) is 4.57. The Morgan fingerprint density at radius 3 is 2.88 bits per heavy atom. The number of hydrogen-bond acceptors (Lipinski definition) is 2. The maximum absolute atomic E-state index is 13.2. The normalized spacial score (nSPS) is 19.8. The lowest BCUT2D eigenvalue weighted by molar-refractivity contribution is -0.117. The molecule has 1 saturated heterocycles. The molecular formula is C11H12F2N2O. The molecule has 1 aliphatic rings. The molecule has 1 atom stereocenters. The van der Waals surface area contributed by atoms with Crippen LogP contribution in [0.25, 0.3) is 0 Å². The molecule has 0 radical (unpaired) electrons. The van der Waals surface area contributed by atoms with E-state index >= 15 is 0 Å². The van der Waals surface area contributed by atoms with Crippen molar-refractivity contribution in [3.8, 4) is 0 Å². The highest BCUT2D eigenvalue weighted by Crippen LogP contribution is 2.16. The summed E-state index contributed by atoms with van der Waals surface area (Å²) in [6, 6.07) is 2.81. The number of halogens is 2. The van der Waals surface area contributed by atoms with E-state index in [4.69, 9.17) is 0 Å². The van der Waals surface area contributed by atoms with Crippen LogP contribution in [0.1, 0.15) is 12.8 Å². The molecule has 1 heterocycles. The van der Waals surface area contributed by atoms with Crippen LogP contribution in [-0.2, 0) is 4.79 Å². The van der Waals surface area contributed by atoms with E-state index in [1.54, 1.807) is 0 Å². The van der Waals surface area contributed by atoms with E-state index in [0.29, 0.717) is 0 Å². The zero-order valence-electron chi connectivity index (χ0n) is 8.59. The molecule has 2 N–H and O–H groups in total. The Hall–Kier alpha value is -1.49. The third-order valence-corrected chi connectivity index (χ3v) is 2.57. The minimum absolute atomic E-state index is 0.0140. The van der Waals surface area contributed by atoms with Crippen molar-refractivity contribution in [2.24, 2.45) is 0 Å². The molecule has 1 aromatic rings. The SMILES string of the molecule is O=C(Nc1ccc(F)cc1F)C1CCCN1. The predicted molar refractivity (Wildman–Crippen MR) is 56.0 cm³/mol. The Morgan fingerprint density at radius 1 is 1.44 bits per heavy atom. The molecule has 3 nitrogen and oxygen atoms in total. The van der Waals surface area contributed by atoms with Crippen LogP contribution < -0.4 is 10.6 Å². The topological polar surface area (TPSA) is 41.1 Å². The molecule has 1 amide bonds. The summed E-state index contributed by atoms with van der Waals surface area (Å²) in [6.07, 6.45) is 1.68. The highest BCUT2D eigenvalue weighted by Gasteiger charge is 2.22. The molecule has 2 rings (SSSR count). The quantitative estimate of drug-likeness (QED) is 0.805. The molecular weight excluding hydrogens is 214 g/mol. The van der Waals surface area contributed by atoms with Crippen molar-refractivity contribution < 1.29 is 13.6 Å². The van der Waals surface area contributed by atoms with Gasteiger partial charge in [-0.2, -0.15) is 0 Å². The number of anilines is 1. The second-order valence-corrected chi connectivity index (χ2v) is 3.76. The summed E-state index contributed by atoms with van der Waals surface area (Å²) >= 11 is 0. The molecule has 1 fully saturated rings. The summed E-state index contributed by atoms with van der Waals surface area (Å²) in [6.45, 7) is 0.796. The number of rotatable bonds is 2. The van der Waals surface area contributed by atoms with Crippen LogP contribution in [0.3, 0.4) is 0 Å². The van der Waals surface area contributed by atoms with E-state index in [-0.39, 0.29) is 17.6 Å². The van der Waals surface area contributed by atoms with E-state index in [9.17, 15) is 13.6 Å². The van der Waals surface area contributed by atoms with Gasteiger partial charge in [-0.25, -0.2) is 8.78 Å². The Balaban J connectivity index is 2.05. The van der Waals surface area contributed by atoms with Crippen LogP contribution in [0.4, 0.5) is 14.5 Å². The first-order valence-electron chi connectivity index (χ1n) is 5.16. The minimum Gasteiger partial charge on any atom is -0.322 e. The van der Waals surface area contributed by atoms with Crippen molar-refractivity contribution in [2.45, 2.75) is 18.9 Å². The number of nitrogens with one attached hydrogen (secondary N) is 2. The predicted octanol–water partition coefficient (Wildman–Crippen LogP) is 1.66. The molecule has 0 spiro atoms. The molecule has 0 saturated carbocycles. The maximum atomic E-state index is 13.2. The first-order valence-corrected chi connectivity index (χ1v) is 5.16. The molecule has 1 aromatic carbocycles. The first-order chi connectivity index (χ1) is 7.66. The monoisotopic (exact) mass is 226 g/mol. The van der Waals surface area contributed by atoms with Crippen LogP contribution in [0.15, 0.2) is 18.2 Å². The highest BCUT2D eigenvalue weighted by molar-refractivity contribution is 5.95. The fourth-order valence-electron chi connectivity index (χ4n) is 1.72. The average molecular weight is 226 g/mol. The van der Waals surface area contributed by atoms with Crippen LogP contribution in [0, 0.1) is 11.6 Å². The van der Waals surface area contributed by atoms with Crippen molar-refractivity contribution in [3.05, 3.63) is 29.8 Å². The van der Waals surface area contributed by atoms with Gasteiger partial charge in [-0.15, -0.1) is 0 Å². The fourth-order valence-corrected chi connectivity index (χ4v) is 1.72. The summed E-state index contributed by atoms with van der Waals surface area (Å²) in [4.78, 5) is 11.6. The average Bonchev–Trinajstić information content (AvgIpc) is 2.75. The number of hydrogen-bond donors (Lipinski definition) is 2. The van der Waals surface area contributed by atoms with Gasteiger partial charge in [0.25, 0.3) is 0 Å². The van der Waals surface area contributed by atoms with Gasteiger partial charge in [-0.3, -0.25) is 4.79 Å². The zero-order chi connectivity index (χ0) is 11.5. The Bertz CT molecular complexity index is 403. The Kier molecular flexibility index (Phi) is 3.14. The van der Waals surface area contributed by atoms with Gasteiger partial charge >= 0.3 is 0 Å². The zero-order valence-corrected chi connectivity index (χ0v) is 8.59. The van der Waals surface area contributed by atoms with Gasteiger partial charge < -0.3 is 10.6 Å². The largest absolute Gasteiger partial charge is 0.322 e. The van der Waals surface area contributed by atoms with Gasteiger partial charge in [-0.05, 0) is 31.5 Å². The maximum Gasteiger partial charge on any atom is 0.241 e. The van der Waals surface area contributed by atoms with Crippen molar-refractivity contribution in [2.75, 3.05) is 11.9 Å². The van der Waals surface area contributed by atoms with Crippen LogP contribution in [-0.4, -0.2) is 18.5 Å².